The number of pyridine rings is 1. The Balaban J connectivity index is 2.59. The van der Waals surface area contributed by atoms with Crippen molar-refractivity contribution in [3.8, 4) is 0 Å². The lowest BCUT2D eigenvalue weighted by molar-refractivity contribution is 0.0138. The molecule has 0 saturated carbocycles. The molecule has 15 heavy (non-hydrogen) atoms. The second kappa shape index (κ2) is 5.75. The fourth-order valence-electron chi connectivity index (χ4n) is 1.23. The van der Waals surface area contributed by atoms with E-state index in [9.17, 15) is 14.6 Å². The van der Waals surface area contributed by atoms with E-state index in [1.54, 1.807) is 7.05 Å². The maximum atomic E-state index is 12.5. The molecule has 0 bridgehead atoms. The van der Waals surface area contributed by atoms with Gasteiger partial charge in [-0.1, -0.05) is 6.07 Å². The van der Waals surface area contributed by atoms with Crippen molar-refractivity contribution in [3.63, 3.8) is 0 Å². The fraction of sp³-hybridized carbons (Fsp3) is 0.500. The minimum atomic E-state index is -1.02. The van der Waals surface area contributed by atoms with Crippen molar-refractivity contribution in [1.29, 1.82) is 0 Å². The van der Waals surface area contributed by atoms with E-state index < -0.39 is 18.2 Å². The Morgan fingerprint density at radius 1 is 1.47 bits per heavy atom. The summed E-state index contributed by atoms with van der Waals surface area (Å²) in [6, 6.07) is 2.57. The smallest absolute Gasteiger partial charge is 0.212 e. The number of aliphatic hydroxyl groups is 2. The van der Waals surface area contributed by atoms with E-state index in [4.69, 9.17) is 0 Å². The van der Waals surface area contributed by atoms with Crippen LogP contribution in [0.1, 0.15) is 18.1 Å². The molecule has 1 rings (SSSR count). The summed E-state index contributed by atoms with van der Waals surface area (Å²) in [5.74, 6) is -0.601. The van der Waals surface area contributed by atoms with Crippen molar-refractivity contribution in [2.45, 2.75) is 18.6 Å². The molecule has 5 heteroatoms. The number of aliphatic hydroxyl groups excluding tert-OH is 2. The van der Waals surface area contributed by atoms with Crippen LogP contribution in [0.3, 0.4) is 0 Å². The summed E-state index contributed by atoms with van der Waals surface area (Å²) in [4.78, 5) is 3.41. The molecule has 0 fully saturated rings. The highest BCUT2D eigenvalue weighted by atomic mass is 19.1. The number of rotatable bonds is 5. The number of nitrogens with zero attached hydrogens (tertiary/aromatic N) is 1. The molecule has 3 N–H and O–H groups in total. The average molecular weight is 214 g/mol. The molecule has 1 aromatic heterocycles. The molecule has 1 heterocycles. The third-order valence-corrected chi connectivity index (χ3v) is 2.15. The molecule has 0 aliphatic carbocycles. The standard InChI is InChI=1S/C10H15FN2O2/c1-12-5-4-8(14)10(15)7-2-3-9(11)13-6-7/h2-3,6,8,10,12,14-15H,4-5H2,1H3. The summed E-state index contributed by atoms with van der Waals surface area (Å²) in [5, 5.41) is 22.1. The lowest BCUT2D eigenvalue weighted by Gasteiger charge is -2.17. The molecule has 0 aromatic carbocycles. The Morgan fingerprint density at radius 3 is 2.73 bits per heavy atom. The van der Waals surface area contributed by atoms with Crippen LogP contribution in [0.15, 0.2) is 18.3 Å². The van der Waals surface area contributed by atoms with Crippen LogP contribution in [-0.2, 0) is 0 Å². The SMILES string of the molecule is CNCCC(O)C(O)c1ccc(F)nc1. The number of halogens is 1. The van der Waals surface area contributed by atoms with Crippen LogP contribution in [0.2, 0.25) is 0 Å². The van der Waals surface area contributed by atoms with Crippen LogP contribution in [0, 0.1) is 5.95 Å². The monoisotopic (exact) mass is 214 g/mol. The molecule has 4 nitrogen and oxygen atoms in total. The summed E-state index contributed by atoms with van der Waals surface area (Å²) < 4.78 is 12.5. The number of nitrogens with one attached hydrogen (secondary N) is 1. The highest BCUT2D eigenvalue weighted by molar-refractivity contribution is 5.13. The van der Waals surface area contributed by atoms with Gasteiger partial charge in [-0.25, -0.2) is 4.98 Å². The molecule has 0 saturated heterocycles. The van der Waals surface area contributed by atoms with Gasteiger partial charge in [0.1, 0.15) is 6.10 Å². The van der Waals surface area contributed by atoms with E-state index in [1.807, 2.05) is 0 Å². The highest BCUT2D eigenvalue weighted by Crippen LogP contribution is 2.17. The van der Waals surface area contributed by atoms with Crippen LogP contribution in [0.5, 0.6) is 0 Å². The second-order valence-corrected chi connectivity index (χ2v) is 3.32. The fourth-order valence-corrected chi connectivity index (χ4v) is 1.23. The van der Waals surface area contributed by atoms with Gasteiger partial charge in [0.2, 0.25) is 5.95 Å². The van der Waals surface area contributed by atoms with Gasteiger partial charge < -0.3 is 15.5 Å². The van der Waals surface area contributed by atoms with Crippen molar-refractivity contribution in [2.24, 2.45) is 0 Å². The molecule has 0 aliphatic rings. The third-order valence-electron chi connectivity index (χ3n) is 2.15. The first kappa shape index (κ1) is 12.0. The van der Waals surface area contributed by atoms with Crippen LogP contribution >= 0.6 is 0 Å². The Bertz CT molecular complexity index is 292. The van der Waals surface area contributed by atoms with Gasteiger partial charge in [-0.2, -0.15) is 4.39 Å². The van der Waals surface area contributed by atoms with Crippen molar-refractivity contribution in [2.75, 3.05) is 13.6 Å². The molecule has 1 aromatic rings. The number of hydrogen-bond donors (Lipinski definition) is 3. The predicted molar refractivity (Wildman–Crippen MR) is 53.7 cm³/mol. The minimum Gasteiger partial charge on any atom is -0.390 e. The Labute approximate surface area is 87.8 Å². The first-order valence-corrected chi connectivity index (χ1v) is 4.77. The van der Waals surface area contributed by atoms with Crippen LogP contribution in [-0.4, -0.2) is 34.9 Å². The van der Waals surface area contributed by atoms with E-state index in [-0.39, 0.29) is 0 Å². The number of hydrogen-bond acceptors (Lipinski definition) is 4. The first-order chi connectivity index (χ1) is 7.15. The van der Waals surface area contributed by atoms with E-state index >= 15 is 0 Å². The van der Waals surface area contributed by atoms with E-state index in [0.29, 0.717) is 18.5 Å². The molecule has 0 radical (unpaired) electrons. The van der Waals surface area contributed by atoms with Gasteiger partial charge in [-0.05, 0) is 26.1 Å². The van der Waals surface area contributed by atoms with Gasteiger partial charge in [-0.15, -0.1) is 0 Å². The maximum absolute atomic E-state index is 12.5. The largest absolute Gasteiger partial charge is 0.390 e. The summed E-state index contributed by atoms with van der Waals surface area (Å²) in [6.07, 6.45) is -0.242. The quantitative estimate of drug-likeness (QED) is 0.614. The zero-order valence-corrected chi connectivity index (χ0v) is 8.52. The lowest BCUT2D eigenvalue weighted by Crippen LogP contribution is -2.23. The summed E-state index contributed by atoms with van der Waals surface area (Å²) in [5.41, 5.74) is 0.417. The molecule has 0 amide bonds. The van der Waals surface area contributed by atoms with Gasteiger partial charge in [0, 0.05) is 11.8 Å². The Hall–Kier alpha value is -1.04. The first-order valence-electron chi connectivity index (χ1n) is 4.77. The lowest BCUT2D eigenvalue weighted by atomic mass is 10.0. The highest BCUT2D eigenvalue weighted by Gasteiger charge is 2.17. The third kappa shape index (κ3) is 3.54. The average Bonchev–Trinajstić information content (AvgIpc) is 2.26. The van der Waals surface area contributed by atoms with Crippen molar-refractivity contribution in [3.05, 3.63) is 29.8 Å². The summed E-state index contributed by atoms with van der Waals surface area (Å²) in [7, 11) is 1.76. The van der Waals surface area contributed by atoms with E-state index in [1.165, 1.54) is 12.3 Å². The molecule has 84 valence electrons. The molecule has 0 spiro atoms. The zero-order valence-electron chi connectivity index (χ0n) is 8.52. The number of aromatic nitrogens is 1. The summed E-state index contributed by atoms with van der Waals surface area (Å²) in [6.45, 7) is 0.604. The van der Waals surface area contributed by atoms with Gasteiger partial charge in [0.05, 0.1) is 6.10 Å². The van der Waals surface area contributed by atoms with Crippen molar-refractivity contribution < 1.29 is 14.6 Å². The minimum absolute atomic E-state index is 0.417. The normalized spacial score (nSPS) is 14.9. The van der Waals surface area contributed by atoms with Gasteiger partial charge in [0.25, 0.3) is 0 Å². The molecular formula is C10H15FN2O2. The van der Waals surface area contributed by atoms with Gasteiger partial charge in [-0.3, -0.25) is 0 Å². The maximum Gasteiger partial charge on any atom is 0.212 e. The van der Waals surface area contributed by atoms with Crippen LogP contribution in [0.4, 0.5) is 4.39 Å². The topological polar surface area (TPSA) is 65.4 Å². The Kier molecular flexibility index (Phi) is 4.61. The van der Waals surface area contributed by atoms with Crippen molar-refractivity contribution in [1.82, 2.24) is 10.3 Å². The van der Waals surface area contributed by atoms with E-state index in [0.717, 1.165) is 6.07 Å². The van der Waals surface area contributed by atoms with Gasteiger partial charge in [0.15, 0.2) is 0 Å². The predicted octanol–water partition coefficient (Wildman–Crippen LogP) is 0.225. The van der Waals surface area contributed by atoms with Gasteiger partial charge >= 0.3 is 0 Å². The van der Waals surface area contributed by atoms with Crippen molar-refractivity contribution >= 4 is 0 Å². The Morgan fingerprint density at radius 2 is 2.20 bits per heavy atom. The molecule has 2 unspecified atom stereocenters. The zero-order chi connectivity index (χ0) is 11.3. The van der Waals surface area contributed by atoms with Crippen LogP contribution < -0.4 is 5.32 Å². The summed E-state index contributed by atoms with van der Waals surface area (Å²) >= 11 is 0. The molecule has 2 atom stereocenters. The van der Waals surface area contributed by atoms with E-state index in [2.05, 4.69) is 10.3 Å². The van der Waals surface area contributed by atoms with Crippen LogP contribution in [0.25, 0.3) is 0 Å². The second-order valence-electron chi connectivity index (χ2n) is 3.32. The molecular weight excluding hydrogens is 199 g/mol. The molecule has 0 aliphatic heterocycles.